The summed E-state index contributed by atoms with van der Waals surface area (Å²) in [6, 6.07) is 3.63. The van der Waals surface area contributed by atoms with E-state index in [2.05, 4.69) is 4.98 Å². The Bertz CT molecular complexity index is 650. The second-order valence-corrected chi connectivity index (χ2v) is 5.41. The van der Waals surface area contributed by atoms with Crippen LogP contribution in [0.5, 0.6) is 0 Å². The van der Waals surface area contributed by atoms with Crippen molar-refractivity contribution < 1.29 is 9.53 Å². The van der Waals surface area contributed by atoms with Crippen LogP contribution in [0.3, 0.4) is 0 Å². The van der Waals surface area contributed by atoms with Gasteiger partial charge in [-0.2, -0.15) is 0 Å². The van der Waals surface area contributed by atoms with Gasteiger partial charge in [-0.1, -0.05) is 17.7 Å². The summed E-state index contributed by atoms with van der Waals surface area (Å²) in [6.45, 7) is 1.59. The number of halogens is 1. The number of H-pyrrole nitrogens is 1. The van der Waals surface area contributed by atoms with Crippen molar-refractivity contribution in [1.29, 1.82) is 0 Å². The van der Waals surface area contributed by atoms with E-state index in [1.807, 2.05) is 18.3 Å². The molecule has 2 unspecified atom stereocenters. The molecule has 1 heterocycles. The molecular formula is C14H15ClN2O2. The molecule has 19 heavy (non-hydrogen) atoms. The fourth-order valence-electron chi connectivity index (χ4n) is 2.72. The van der Waals surface area contributed by atoms with Gasteiger partial charge in [0.05, 0.1) is 16.6 Å². The van der Waals surface area contributed by atoms with Crippen molar-refractivity contribution in [2.24, 2.45) is 5.73 Å². The topological polar surface area (TPSA) is 68.1 Å². The van der Waals surface area contributed by atoms with Crippen LogP contribution in [0.2, 0.25) is 5.02 Å². The quantitative estimate of drug-likeness (QED) is 0.905. The highest BCUT2D eigenvalue weighted by atomic mass is 35.5. The highest BCUT2D eigenvalue weighted by Gasteiger charge is 2.30. The van der Waals surface area contributed by atoms with E-state index in [4.69, 9.17) is 22.1 Å². The van der Waals surface area contributed by atoms with Crippen molar-refractivity contribution >= 4 is 28.3 Å². The zero-order valence-electron chi connectivity index (χ0n) is 10.6. The SMILES string of the molecule is CC(=O)COC1c2ccc(Cl)c3[nH]cc(c23)CC1N. The van der Waals surface area contributed by atoms with Crippen molar-refractivity contribution in [3.63, 3.8) is 0 Å². The summed E-state index contributed by atoms with van der Waals surface area (Å²) in [5.74, 6) is -0.00253. The number of Topliss-reactive ketones (excluding diaryl/α,β-unsaturated/α-hetero) is 1. The number of ether oxygens (including phenoxy) is 1. The smallest absolute Gasteiger partial charge is 0.155 e. The molecular weight excluding hydrogens is 264 g/mol. The van der Waals surface area contributed by atoms with E-state index in [0.717, 1.165) is 28.5 Å². The molecule has 0 saturated heterocycles. The number of benzene rings is 1. The average Bonchev–Trinajstić information content (AvgIpc) is 2.77. The van der Waals surface area contributed by atoms with E-state index in [0.29, 0.717) is 5.02 Å². The van der Waals surface area contributed by atoms with Gasteiger partial charge in [0.1, 0.15) is 6.61 Å². The lowest BCUT2D eigenvalue weighted by Gasteiger charge is -2.29. The van der Waals surface area contributed by atoms with Gasteiger partial charge in [0.2, 0.25) is 0 Å². The third kappa shape index (κ3) is 2.06. The first kappa shape index (κ1) is 12.7. The molecule has 3 rings (SSSR count). The van der Waals surface area contributed by atoms with E-state index in [1.165, 1.54) is 6.92 Å². The van der Waals surface area contributed by atoms with Crippen molar-refractivity contribution in [1.82, 2.24) is 4.98 Å². The third-order valence-electron chi connectivity index (χ3n) is 3.52. The molecule has 0 amide bonds. The predicted octanol–water partition coefficient (Wildman–Crippen LogP) is 2.35. The molecule has 1 aliphatic rings. The van der Waals surface area contributed by atoms with E-state index in [9.17, 15) is 4.79 Å². The number of carbonyl (C=O) groups is 1. The fraction of sp³-hybridized carbons (Fsp3) is 0.357. The summed E-state index contributed by atoms with van der Waals surface area (Å²) in [7, 11) is 0. The Morgan fingerprint density at radius 1 is 1.58 bits per heavy atom. The van der Waals surface area contributed by atoms with Crippen LogP contribution in [-0.2, 0) is 16.0 Å². The summed E-state index contributed by atoms with van der Waals surface area (Å²) in [4.78, 5) is 14.3. The molecule has 0 spiro atoms. The summed E-state index contributed by atoms with van der Waals surface area (Å²) in [5.41, 5.74) is 9.25. The van der Waals surface area contributed by atoms with Crippen molar-refractivity contribution in [3.8, 4) is 0 Å². The molecule has 0 bridgehead atoms. The van der Waals surface area contributed by atoms with Crippen molar-refractivity contribution in [2.45, 2.75) is 25.5 Å². The molecule has 0 fully saturated rings. The molecule has 2 aromatic rings. The highest BCUT2D eigenvalue weighted by molar-refractivity contribution is 6.35. The number of aromatic amines is 1. The van der Waals surface area contributed by atoms with Gasteiger partial charge in [-0.3, -0.25) is 4.79 Å². The van der Waals surface area contributed by atoms with Crippen LogP contribution in [0.1, 0.15) is 24.2 Å². The molecule has 0 radical (unpaired) electrons. The number of nitrogens with two attached hydrogens (primary N) is 1. The van der Waals surface area contributed by atoms with Crippen LogP contribution < -0.4 is 5.73 Å². The molecule has 1 aromatic heterocycles. The van der Waals surface area contributed by atoms with E-state index < -0.39 is 0 Å². The lowest BCUT2D eigenvalue weighted by atomic mass is 9.87. The number of hydrogen-bond acceptors (Lipinski definition) is 3. The molecule has 0 aliphatic heterocycles. The van der Waals surface area contributed by atoms with E-state index >= 15 is 0 Å². The van der Waals surface area contributed by atoms with Gasteiger partial charge < -0.3 is 15.5 Å². The highest BCUT2D eigenvalue weighted by Crippen LogP contribution is 2.39. The minimum Gasteiger partial charge on any atom is -0.364 e. The zero-order valence-corrected chi connectivity index (χ0v) is 11.3. The van der Waals surface area contributed by atoms with Gasteiger partial charge in [0, 0.05) is 17.6 Å². The fourth-order valence-corrected chi connectivity index (χ4v) is 2.93. The minimum atomic E-state index is -0.257. The van der Waals surface area contributed by atoms with E-state index in [1.54, 1.807) is 0 Å². The minimum absolute atomic E-state index is 0.00253. The number of ketones is 1. The van der Waals surface area contributed by atoms with Gasteiger partial charge in [-0.05, 0) is 30.5 Å². The first-order chi connectivity index (χ1) is 9.08. The van der Waals surface area contributed by atoms with E-state index in [-0.39, 0.29) is 24.5 Å². The van der Waals surface area contributed by atoms with Crippen LogP contribution in [0, 0.1) is 0 Å². The first-order valence-corrected chi connectivity index (χ1v) is 6.60. The second kappa shape index (κ2) is 4.63. The second-order valence-electron chi connectivity index (χ2n) is 5.00. The molecule has 4 nitrogen and oxygen atoms in total. The molecule has 100 valence electrons. The zero-order chi connectivity index (χ0) is 13.6. The first-order valence-electron chi connectivity index (χ1n) is 6.23. The Morgan fingerprint density at radius 2 is 2.37 bits per heavy atom. The number of hydrogen-bond donors (Lipinski definition) is 2. The number of carbonyl (C=O) groups excluding carboxylic acids is 1. The van der Waals surface area contributed by atoms with Gasteiger partial charge >= 0.3 is 0 Å². The van der Waals surface area contributed by atoms with Gasteiger partial charge in [-0.15, -0.1) is 0 Å². The number of nitrogens with one attached hydrogen (secondary N) is 1. The largest absolute Gasteiger partial charge is 0.364 e. The lowest BCUT2D eigenvalue weighted by molar-refractivity contribution is -0.124. The molecule has 3 N–H and O–H groups in total. The Kier molecular flexibility index (Phi) is 3.09. The molecule has 5 heteroatoms. The standard InChI is InChI=1S/C14H15ClN2O2/c1-7(18)6-19-14-9-2-3-10(15)13-12(9)8(5-17-13)4-11(14)16/h2-3,5,11,14,17H,4,6,16H2,1H3. The molecule has 1 aromatic carbocycles. The number of aromatic nitrogens is 1. The predicted molar refractivity (Wildman–Crippen MR) is 74.4 cm³/mol. The van der Waals surface area contributed by atoms with Crippen LogP contribution >= 0.6 is 11.6 Å². The van der Waals surface area contributed by atoms with Crippen LogP contribution in [0.25, 0.3) is 10.9 Å². The Balaban J connectivity index is 2.08. The Labute approximate surface area is 115 Å². The normalized spacial score (nSPS) is 21.8. The van der Waals surface area contributed by atoms with Crippen molar-refractivity contribution in [3.05, 3.63) is 34.5 Å². The van der Waals surface area contributed by atoms with Crippen LogP contribution in [-0.4, -0.2) is 23.4 Å². The maximum absolute atomic E-state index is 11.1. The molecule has 1 aliphatic carbocycles. The van der Waals surface area contributed by atoms with Crippen LogP contribution in [0.15, 0.2) is 18.3 Å². The summed E-state index contributed by atoms with van der Waals surface area (Å²) in [6.07, 6.45) is 2.41. The number of rotatable bonds is 3. The van der Waals surface area contributed by atoms with Crippen molar-refractivity contribution in [2.75, 3.05) is 6.61 Å². The Morgan fingerprint density at radius 3 is 3.11 bits per heavy atom. The molecule has 0 saturated carbocycles. The third-order valence-corrected chi connectivity index (χ3v) is 3.83. The average molecular weight is 279 g/mol. The monoisotopic (exact) mass is 278 g/mol. The van der Waals surface area contributed by atoms with Gasteiger partial charge in [-0.25, -0.2) is 0 Å². The van der Waals surface area contributed by atoms with Crippen LogP contribution in [0.4, 0.5) is 0 Å². The lowest BCUT2D eigenvalue weighted by Crippen LogP contribution is -2.35. The summed E-state index contributed by atoms with van der Waals surface area (Å²) < 4.78 is 5.68. The molecule has 2 atom stereocenters. The summed E-state index contributed by atoms with van der Waals surface area (Å²) >= 11 is 6.18. The maximum atomic E-state index is 11.1. The van der Waals surface area contributed by atoms with Gasteiger partial charge in [0.15, 0.2) is 5.78 Å². The Hall–Kier alpha value is -1.36. The maximum Gasteiger partial charge on any atom is 0.155 e. The van der Waals surface area contributed by atoms with Gasteiger partial charge in [0.25, 0.3) is 0 Å². The summed E-state index contributed by atoms with van der Waals surface area (Å²) in [5, 5.41) is 1.77.